The number of rotatable bonds is 3. The molecule has 4 heteroatoms. The number of hydrogen-bond acceptors (Lipinski definition) is 3. The number of carboxylic acids is 1. The Balaban J connectivity index is 2.40. The summed E-state index contributed by atoms with van der Waals surface area (Å²) in [5.41, 5.74) is 2.32. The van der Waals surface area contributed by atoms with Crippen LogP contribution in [0.5, 0.6) is 5.75 Å². The third-order valence-electron chi connectivity index (χ3n) is 3.11. The minimum Gasteiger partial charge on any atom is -0.497 e. The smallest absolute Gasteiger partial charge is 0.337 e. The van der Waals surface area contributed by atoms with Gasteiger partial charge in [0.25, 0.3) is 0 Å². The molecule has 0 amide bonds. The second-order valence-electron chi connectivity index (χ2n) is 4.45. The average Bonchev–Trinajstić information content (AvgIpc) is 2.38. The highest BCUT2D eigenvalue weighted by molar-refractivity contribution is 5.95. The first-order valence-corrected chi connectivity index (χ1v) is 5.93. The Morgan fingerprint density at radius 3 is 2.83 bits per heavy atom. The summed E-state index contributed by atoms with van der Waals surface area (Å²) in [5.74, 6) is -0.220. The van der Waals surface area contributed by atoms with Gasteiger partial charge in [-0.25, -0.2) is 4.79 Å². The molecule has 96 valence electrons. The lowest BCUT2D eigenvalue weighted by atomic mass is 10.1. The first-order chi connectivity index (χ1) is 8.61. The lowest BCUT2D eigenvalue weighted by Gasteiger charge is -2.29. The summed E-state index contributed by atoms with van der Waals surface area (Å²) < 4.78 is 5.17. The van der Waals surface area contributed by atoms with Crippen LogP contribution in [0.3, 0.4) is 0 Å². The molecule has 1 aromatic rings. The lowest BCUT2D eigenvalue weighted by molar-refractivity contribution is 0.0697. The van der Waals surface area contributed by atoms with Crippen LogP contribution >= 0.6 is 0 Å². The van der Waals surface area contributed by atoms with Crippen LogP contribution in [-0.4, -0.2) is 31.3 Å². The summed E-state index contributed by atoms with van der Waals surface area (Å²) >= 11 is 0. The summed E-state index contributed by atoms with van der Waals surface area (Å²) in [6.07, 6.45) is 3.14. The fourth-order valence-corrected chi connectivity index (χ4v) is 2.20. The molecule has 18 heavy (non-hydrogen) atoms. The summed E-state index contributed by atoms with van der Waals surface area (Å²) in [5, 5.41) is 9.24. The van der Waals surface area contributed by atoms with E-state index in [1.165, 1.54) is 5.57 Å². The van der Waals surface area contributed by atoms with Crippen LogP contribution in [0, 0.1) is 0 Å². The van der Waals surface area contributed by atoms with Crippen molar-refractivity contribution >= 4 is 11.7 Å². The molecule has 2 rings (SSSR count). The third kappa shape index (κ3) is 2.47. The van der Waals surface area contributed by atoms with E-state index >= 15 is 0 Å². The van der Waals surface area contributed by atoms with Gasteiger partial charge in [0.2, 0.25) is 0 Å². The van der Waals surface area contributed by atoms with E-state index in [2.05, 4.69) is 17.9 Å². The maximum absolute atomic E-state index is 11.3. The van der Waals surface area contributed by atoms with Gasteiger partial charge in [0, 0.05) is 19.2 Å². The number of benzene rings is 1. The van der Waals surface area contributed by atoms with E-state index < -0.39 is 5.97 Å². The van der Waals surface area contributed by atoms with Gasteiger partial charge in [0.15, 0.2) is 0 Å². The Hall–Kier alpha value is -1.97. The largest absolute Gasteiger partial charge is 0.497 e. The molecule has 0 aliphatic carbocycles. The molecule has 0 spiro atoms. The van der Waals surface area contributed by atoms with Gasteiger partial charge in [-0.1, -0.05) is 11.6 Å². The highest BCUT2D eigenvalue weighted by Crippen LogP contribution is 2.28. The Bertz CT molecular complexity index is 494. The number of nitrogens with zero attached hydrogens (tertiary/aromatic N) is 1. The number of carboxylic acid groups (broad SMARTS) is 1. The van der Waals surface area contributed by atoms with Crippen LogP contribution in [0.1, 0.15) is 23.7 Å². The molecule has 1 heterocycles. The zero-order chi connectivity index (χ0) is 13.1. The zero-order valence-corrected chi connectivity index (χ0v) is 10.6. The fourth-order valence-electron chi connectivity index (χ4n) is 2.20. The van der Waals surface area contributed by atoms with Crippen molar-refractivity contribution in [2.75, 3.05) is 25.1 Å². The maximum atomic E-state index is 11.3. The minimum atomic E-state index is -0.903. The Kier molecular flexibility index (Phi) is 3.55. The van der Waals surface area contributed by atoms with Crippen molar-refractivity contribution in [3.8, 4) is 5.75 Å². The predicted molar refractivity (Wildman–Crippen MR) is 70.5 cm³/mol. The topological polar surface area (TPSA) is 49.8 Å². The molecule has 0 fully saturated rings. The molecule has 0 bridgehead atoms. The van der Waals surface area contributed by atoms with Crippen molar-refractivity contribution in [1.29, 1.82) is 0 Å². The Labute approximate surface area is 106 Å². The van der Waals surface area contributed by atoms with Gasteiger partial charge in [-0.3, -0.25) is 0 Å². The molecule has 0 saturated carbocycles. The summed E-state index contributed by atoms with van der Waals surface area (Å²) in [7, 11) is 1.58. The molecule has 0 atom stereocenters. The van der Waals surface area contributed by atoms with E-state index in [1.807, 2.05) is 0 Å². The number of methoxy groups -OCH3 is 1. The summed E-state index contributed by atoms with van der Waals surface area (Å²) in [6, 6.07) is 5.08. The Morgan fingerprint density at radius 1 is 1.44 bits per heavy atom. The zero-order valence-electron chi connectivity index (χ0n) is 10.6. The van der Waals surface area contributed by atoms with Crippen molar-refractivity contribution in [3.05, 3.63) is 35.4 Å². The second kappa shape index (κ2) is 5.12. The van der Waals surface area contributed by atoms with Gasteiger partial charge in [-0.15, -0.1) is 0 Å². The maximum Gasteiger partial charge on any atom is 0.337 e. The number of anilines is 1. The number of hydrogen-bond donors (Lipinski definition) is 1. The molecule has 0 radical (unpaired) electrons. The normalized spacial score (nSPS) is 15.2. The van der Waals surface area contributed by atoms with Gasteiger partial charge < -0.3 is 14.7 Å². The van der Waals surface area contributed by atoms with Gasteiger partial charge in [-0.2, -0.15) is 0 Å². The number of ether oxygens (including phenoxy) is 1. The van der Waals surface area contributed by atoms with Crippen LogP contribution in [0.15, 0.2) is 29.8 Å². The Morgan fingerprint density at radius 2 is 2.22 bits per heavy atom. The van der Waals surface area contributed by atoms with Crippen molar-refractivity contribution in [2.45, 2.75) is 13.3 Å². The van der Waals surface area contributed by atoms with E-state index in [0.717, 1.165) is 25.2 Å². The first-order valence-electron chi connectivity index (χ1n) is 5.93. The second-order valence-corrected chi connectivity index (χ2v) is 4.45. The standard InChI is InChI=1S/C14H17NO3/c1-10-4-3-7-15(9-10)13-8-11(18-2)5-6-12(13)14(16)17/h4-6,8H,3,7,9H2,1-2H3,(H,16,17). The molecule has 4 nitrogen and oxygen atoms in total. The van der Waals surface area contributed by atoms with E-state index in [4.69, 9.17) is 4.74 Å². The molecule has 0 saturated heterocycles. The SMILES string of the molecule is COc1ccc(C(=O)O)c(N2CCC=C(C)C2)c1. The average molecular weight is 247 g/mol. The third-order valence-corrected chi connectivity index (χ3v) is 3.11. The van der Waals surface area contributed by atoms with E-state index in [1.54, 1.807) is 25.3 Å². The molecular weight excluding hydrogens is 230 g/mol. The van der Waals surface area contributed by atoms with E-state index in [0.29, 0.717) is 11.3 Å². The molecular formula is C14H17NO3. The van der Waals surface area contributed by atoms with Crippen molar-refractivity contribution in [1.82, 2.24) is 0 Å². The van der Waals surface area contributed by atoms with Gasteiger partial charge in [-0.05, 0) is 25.5 Å². The van der Waals surface area contributed by atoms with E-state index in [-0.39, 0.29) is 0 Å². The number of aromatic carboxylic acids is 1. The van der Waals surface area contributed by atoms with Crippen LogP contribution in [0.4, 0.5) is 5.69 Å². The minimum absolute atomic E-state index is 0.325. The van der Waals surface area contributed by atoms with E-state index in [9.17, 15) is 9.90 Å². The first kappa shape index (κ1) is 12.5. The lowest BCUT2D eigenvalue weighted by Crippen LogP contribution is -2.30. The van der Waals surface area contributed by atoms with Gasteiger partial charge in [0.05, 0.1) is 18.4 Å². The van der Waals surface area contributed by atoms with Crippen molar-refractivity contribution < 1.29 is 14.6 Å². The molecule has 0 aromatic heterocycles. The van der Waals surface area contributed by atoms with Crippen LogP contribution in [0.25, 0.3) is 0 Å². The number of carbonyl (C=O) groups is 1. The van der Waals surface area contributed by atoms with Crippen molar-refractivity contribution in [2.24, 2.45) is 0 Å². The highest BCUT2D eigenvalue weighted by Gasteiger charge is 2.18. The van der Waals surface area contributed by atoms with Gasteiger partial charge >= 0.3 is 5.97 Å². The monoisotopic (exact) mass is 247 g/mol. The van der Waals surface area contributed by atoms with Gasteiger partial charge in [0.1, 0.15) is 5.75 Å². The van der Waals surface area contributed by atoms with Crippen LogP contribution < -0.4 is 9.64 Å². The quantitative estimate of drug-likeness (QED) is 0.834. The molecule has 1 aromatic carbocycles. The van der Waals surface area contributed by atoms with Crippen LogP contribution in [-0.2, 0) is 0 Å². The molecule has 1 aliphatic heterocycles. The summed E-state index contributed by atoms with van der Waals surface area (Å²) in [6.45, 7) is 3.67. The predicted octanol–water partition coefficient (Wildman–Crippen LogP) is 2.55. The molecule has 0 unspecified atom stereocenters. The highest BCUT2D eigenvalue weighted by atomic mass is 16.5. The molecule has 1 N–H and O–H groups in total. The molecule has 1 aliphatic rings. The summed E-state index contributed by atoms with van der Waals surface area (Å²) in [4.78, 5) is 13.3. The van der Waals surface area contributed by atoms with Crippen LogP contribution in [0.2, 0.25) is 0 Å². The fraction of sp³-hybridized carbons (Fsp3) is 0.357. The van der Waals surface area contributed by atoms with Crippen molar-refractivity contribution in [3.63, 3.8) is 0 Å².